The quantitative estimate of drug-likeness (QED) is 0.853. The summed E-state index contributed by atoms with van der Waals surface area (Å²) in [6.45, 7) is 2.86. The van der Waals surface area contributed by atoms with Gasteiger partial charge in [-0.25, -0.2) is 12.8 Å². The standard InChI is InChI=1S/C13H19FN2O3S/c1-9-12(14)5-11(6-13(9)15)20(17,18)16-4-3-10(7-16)8-19-2/h5-6,10H,3-4,7-8,15H2,1-2H3. The fraction of sp³-hybridized carbons (Fsp3) is 0.538. The van der Waals surface area contributed by atoms with Gasteiger partial charge in [-0.3, -0.25) is 0 Å². The number of hydrogen-bond donors (Lipinski definition) is 1. The third-order valence-electron chi connectivity index (χ3n) is 3.65. The number of halogens is 1. The summed E-state index contributed by atoms with van der Waals surface area (Å²) in [7, 11) is -2.10. The number of ether oxygens (including phenoxy) is 1. The number of nitrogens with zero attached hydrogens (tertiary/aromatic N) is 1. The van der Waals surface area contributed by atoms with Gasteiger partial charge in [0.15, 0.2) is 0 Å². The topological polar surface area (TPSA) is 72.6 Å². The maximum absolute atomic E-state index is 13.7. The third-order valence-corrected chi connectivity index (χ3v) is 5.49. The van der Waals surface area contributed by atoms with Gasteiger partial charge in [0.25, 0.3) is 0 Å². The number of anilines is 1. The molecule has 20 heavy (non-hydrogen) atoms. The molecule has 0 amide bonds. The van der Waals surface area contributed by atoms with Crippen LogP contribution in [0.4, 0.5) is 10.1 Å². The highest BCUT2D eigenvalue weighted by molar-refractivity contribution is 7.89. The number of nitrogens with two attached hydrogens (primary N) is 1. The molecule has 112 valence electrons. The first kappa shape index (κ1) is 15.2. The van der Waals surface area contributed by atoms with Gasteiger partial charge in [-0.2, -0.15) is 4.31 Å². The van der Waals surface area contributed by atoms with E-state index in [0.717, 1.165) is 12.5 Å². The molecule has 1 aliphatic heterocycles. The molecule has 1 fully saturated rings. The number of sulfonamides is 1. The van der Waals surface area contributed by atoms with Crippen molar-refractivity contribution in [3.05, 3.63) is 23.5 Å². The lowest BCUT2D eigenvalue weighted by molar-refractivity contribution is 0.157. The van der Waals surface area contributed by atoms with E-state index in [1.54, 1.807) is 7.11 Å². The van der Waals surface area contributed by atoms with Gasteiger partial charge in [-0.05, 0) is 31.4 Å². The van der Waals surface area contributed by atoms with Crippen LogP contribution in [0.25, 0.3) is 0 Å². The van der Waals surface area contributed by atoms with Crippen molar-refractivity contribution in [2.24, 2.45) is 5.92 Å². The molecule has 0 saturated carbocycles. The number of nitrogen functional groups attached to an aromatic ring is 1. The highest BCUT2D eigenvalue weighted by Crippen LogP contribution is 2.27. The van der Waals surface area contributed by atoms with Gasteiger partial charge >= 0.3 is 0 Å². The third kappa shape index (κ3) is 2.79. The lowest BCUT2D eigenvalue weighted by atomic mass is 10.1. The molecule has 1 unspecified atom stereocenters. The molecular weight excluding hydrogens is 283 g/mol. The zero-order valence-electron chi connectivity index (χ0n) is 11.6. The Morgan fingerprint density at radius 2 is 2.20 bits per heavy atom. The molecule has 0 spiro atoms. The Labute approximate surface area is 118 Å². The van der Waals surface area contributed by atoms with Crippen molar-refractivity contribution in [1.29, 1.82) is 0 Å². The molecule has 1 saturated heterocycles. The van der Waals surface area contributed by atoms with Crippen molar-refractivity contribution in [3.8, 4) is 0 Å². The van der Waals surface area contributed by atoms with Gasteiger partial charge in [0.1, 0.15) is 5.82 Å². The smallest absolute Gasteiger partial charge is 0.243 e. The summed E-state index contributed by atoms with van der Waals surface area (Å²) in [6.07, 6.45) is 0.747. The second-order valence-electron chi connectivity index (χ2n) is 5.09. The molecule has 7 heteroatoms. The molecular formula is C13H19FN2O3S. The Morgan fingerprint density at radius 3 is 2.80 bits per heavy atom. The lowest BCUT2D eigenvalue weighted by Gasteiger charge is -2.17. The van der Waals surface area contributed by atoms with E-state index in [9.17, 15) is 12.8 Å². The minimum atomic E-state index is -3.69. The molecule has 1 aliphatic rings. The minimum absolute atomic E-state index is 0.0869. The van der Waals surface area contributed by atoms with Crippen LogP contribution in [0.1, 0.15) is 12.0 Å². The molecule has 2 N–H and O–H groups in total. The van der Waals surface area contributed by atoms with Gasteiger partial charge in [0.2, 0.25) is 10.0 Å². The molecule has 0 radical (unpaired) electrons. The summed E-state index contributed by atoms with van der Waals surface area (Å²) >= 11 is 0. The average molecular weight is 302 g/mol. The zero-order valence-corrected chi connectivity index (χ0v) is 12.4. The lowest BCUT2D eigenvalue weighted by Crippen LogP contribution is -2.29. The van der Waals surface area contributed by atoms with Crippen LogP contribution in [0.5, 0.6) is 0 Å². The molecule has 2 rings (SSSR count). The predicted molar refractivity (Wildman–Crippen MR) is 74.3 cm³/mol. The van der Waals surface area contributed by atoms with Gasteiger partial charge < -0.3 is 10.5 Å². The van der Waals surface area contributed by atoms with E-state index < -0.39 is 15.8 Å². The Kier molecular flexibility index (Phi) is 4.31. The molecule has 0 aliphatic carbocycles. The molecule has 5 nitrogen and oxygen atoms in total. The number of methoxy groups -OCH3 is 1. The Bertz CT molecular complexity index is 581. The highest BCUT2D eigenvalue weighted by Gasteiger charge is 2.33. The monoisotopic (exact) mass is 302 g/mol. The van der Waals surface area contributed by atoms with Crippen LogP contribution >= 0.6 is 0 Å². The summed E-state index contributed by atoms with van der Waals surface area (Å²) < 4.78 is 45.0. The van der Waals surface area contributed by atoms with Crippen LogP contribution in [-0.2, 0) is 14.8 Å². The van der Waals surface area contributed by atoms with Crippen molar-refractivity contribution >= 4 is 15.7 Å². The van der Waals surface area contributed by atoms with Crippen molar-refractivity contribution < 1.29 is 17.5 Å². The van der Waals surface area contributed by atoms with Crippen LogP contribution in [0.15, 0.2) is 17.0 Å². The largest absolute Gasteiger partial charge is 0.398 e. The van der Waals surface area contributed by atoms with Crippen LogP contribution in [0, 0.1) is 18.7 Å². The van der Waals surface area contributed by atoms with Crippen molar-refractivity contribution in [2.75, 3.05) is 32.5 Å². The fourth-order valence-electron chi connectivity index (χ4n) is 2.36. The molecule has 0 aromatic heterocycles. The average Bonchev–Trinajstić information content (AvgIpc) is 2.85. The maximum Gasteiger partial charge on any atom is 0.243 e. The summed E-state index contributed by atoms with van der Waals surface area (Å²) in [6, 6.07) is 2.35. The maximum atomic E-state index is 13.7. The first-order chi connectivity index (χ1) is 9.36. The first-order valence-electron chi connectivity index (χ1n) is 6.41. The van der Waals surface area contributed by atoms with Crippen LogP contribution < -0.4 is 5.73 Å². The Hall–Kier alpha value is -1.18. The van der Waals surface area contributed by atoms with E-state index in [1.165, 1.54) is 17.3 Å². The van der Waals surface area contributed by atoms with Gasteiger partial charge in [0, 0.05) is 31.5 Å². The summed E-state index contributed by atoms with van der Waals surface area (Å²) in [5.74, 6) is -0.418. The number of hydrogen-bond acceptors (Lipinski definition) is 4. The fourth-order valence-corrected chi connectivity index (χ4v) is 3.94. The predicted octanol–water partition coefficient (Wildman–Crippen LogP) is 1.37. The van der Waals surface area contributed by atoms with E-state index >= 15 is 0 Å². The second-order valence-corrected chi connectivity index (χ2v) is 7.03. The second kappa shape index (κ2) is 5.67. The van der Waals surface area contributed by atoms with E-state index in [-0.39, 0.29) is 22.1 Å². The van der Waals surface area contributed by atoms with Crippen molar-refractivity contribution in [1.82, 2.24) is 4.31 Å². The normalized spacial score (nSPS) is 20.4. The number of rotatable bonds is 4. The van der Waals surface area contributed by atoms with E-state index in [1.807, 2.05) is 0 Å². The van der Waals surface area contributed by atoms with E-state index in [2.05, 4.69) is 0 Å². The van der Waals surface area contributed by atoms with Gasteiger partial charge in [0.05, 0.1) is 11.5 Å². The first-order valence-corrected chi connectivity index (χ1v) is 7.85. The Morgan fingerprint density at radius 1 is 1.50 bits per heavy atom. The zero-order chi connectivity index (χ0) is 14.9. The van der Waals surface area contributed by atoms with Crippen LogP contribution in [0.2, 0.25) is 0 Å². The molecule has 1 aromatic rings. The molecule has 1 atom stereocenters. The summed E-state index contributed by atoms with van der Waals surface area (Å²) in [4.78, 5) is -0.0869. The Balaban J connectivity index is 2.28. The summed E-state index contributed by atoms with van der Waals surface area (Å²) in [5, 5.41) is 0. The van der Waals surface area contributed by atoms with Gasteiger partial charge in [-0.15, -0.1) is 0 Å². The van der Waals surface area contributed by atoms with Crippen molar-refractivity contribution in [3.63, 3.8) is 0 Å². The van der Waals surface area contributed by atoms with E-state index in [0.29, 0.717) is 19.7 Å². The van der Waals surface area contributed by atoms with Crippen LogP contribution in [-0.4, -0.2) is 39.5 Å². The molecule has 1 heterocycles. The molecule has 0 bridgehead atoms. The highest BCUT2D eigenvalue weighted by atomic mass is 32.2. The number of benzene rings is 1. The van der Waals surface area contributed by atoms with Crippen LogP contribution in [0.3, 0.4) is 0 Å². The van der Waals surface area contributed by atoms with Crippen molar-refractivity contribution in [2.45, 2.75) is 18.2 Å². The molecule has 1 aromatic carbocycles. The SMILES string of the molecule is COCC1CCN(S(=O)(=O)c2cc(N)c(C)c(F)c2)C1. The summed E-state index contributed by atoms with van der Waals surface area (Å²) in [5.41, 5.74) is 6.06. The van der Waals surface area contributed by atoms with E-state index in [4.69, 9.17) is 10.5 Å². The van der Waals surface area contributed by atoms with Gasteiger partial charge in [-0.1, -0.05) is 0 Å². The minimum Gasteiger partial charge on any atom is -0.398 e.